The summed E-state index contributed by atoms with van der Waals surface area (Å²) in [4.78, 5) is 25.4. The van der Waals surface area contributed by atoms with Crippen LogP contribution in [0, 0.1) is 0 Å². The van der Waals surface area contributed by atoms with Gasteiger partial charge in [-0.25, -0.2) is 5.01 Å². The highest BCUT2D eigenvalue weighted by atomic mass is 16.5. The molecule has 6 nitrogen and oxygen atoms in total. The number of benzene rings is 2. The van der Waals surface area contributed by atoms with Crippen molar-refractivity contribution in [1.29, 1.82) is 0 Å². The zero-order chi connectivity index (χ0) is 24.5. The second-order valence-electron chi connectivity index (χ2n) is 10.9. The van der Waals surface area contributed by atoms with Gasteiger partial charge >= 0.3 is 0 Å². The molecule has 2 aromatic carbocycles. The van der Waals surface area contributed by atoms with Crippen LogP contribution in [0.4, 0.5) is 0 Å². The van der Waals surface area contributed by atoms with Gasteiger partial charge in [-0.05, 0) is 65.8 Å². The number of Topliss-reactive ketones (excluding diaryl/α,β-unsaturated/α-hetero) is 1. The van der Waals surface area contributed by atoms with Crippen LogP contribution in [-0.4, -0.2) is 41.5 Å². The fraction of sp³-hybridized carbons (Fsp3) is 0.500. The van der Waals surface area contributed by atoms with Crippen LogP contribution in [0.2, 0.25) is 0 Å². The smallest absolute Gasteiger partial charge is 0.269 e. The quantitative estimate of drug-likeness (QED) is 0.579. The van der Waals surface area contributed by atoms with E-state index in [1.165, 1.54) is 29.7 Å². The van der Waals surface area contributed by atoms with E-state index in [-0.39, 0.29) is 40.4 Å². The van der Waals surface area contributed by atoms with Crippen LogP contribution in [-0.2, 0) is 10.8 Å². The van der Waals surface area contributed by atoms with Crippen molar-refractivity contribution in [2.75, 3.05) is 19.7 Å². The number of nitrogens with zero attached hydrogens (tertiary/aromatic N) is 1. The lowest BCUT2D eigenvalue weighted by Crippen LogP contribution is -2.45. The lowest BCUT2D eigenvalue weighted by Gasteiger charge is -2.42. The summed E-state index contributed by atoms with van der Waals surface area (Å²) in [6, 6.07) is 10.5. The Bertz CT molecular complexity index is 1080. The Labute approximate surface area is 202 Å². The second kappa shape index (κ2) is 9.41. The number of nitrogens with one attached hydrogen (secondary N) is 1. The van der Waals surface area contributed by atoms with Crippen LogP contribution in [0.1, 0.15) is 91.6 Å². The van der Waals surface area contributed by atoms with Crippen molar-refractivity contribution in [2.24, 2.45) is 0 Å². The second-order valence-corrected chi connectivity index (χ2v) is 10.9. The van der Waals surface area contributed by atoms with Crippen LogP contribution in [0.15, 0.2) is 36.4 Å². The van der Waals surface area contributed by atoms with E-state index in [1.54, 1.807) is 6.07 Å². The number of hydrazine groups is 1. The number of ketones is 1. The van der Waals surface area contributed by atoms with E-state index < -0.39 is 0 Å². The minimum Gasteiger partial charge on any atom is -0.507 e. The van der Waals surface area contributed by atoms with Gasteiger partial charge in [-0.15, -0.1) is 0 Å². The van der Waals surface area contributed by atoms with Crippen molar-refractivity contribution in [3.05, 3.63) is 58.7 Å². The van der Waals surface area contributed by atoms with E-state index >= 15 is 0 Å². The molecule has 0 atom stereocenters. The largest absolute Gasteiger partial charge is 0.507 e. The molecule has 2 aliphatic rings. The first-order valence-electron chi connectivity index (χ1n) is 12.3. The number of phenolic OH excluding ortho intramolecular Hbond substituents is 1. The summed E-state index contributed by atoms with van der Waals surface area (Å²) >= 11 is 0. The molecule has 0 aromatic heterocycles. The zero-order valence-electron chi connectivity index (χ0n) is 20.7. The highest BCUT2D eigenvalue weighted by Gasteiger charge is 2.37. The number of rotatable bonds is 6. The van der Waals surface area contributed by atoms with Gasteiger partial charge in [0.1, 0.15) is 11.5 Å². The first kappa shape index (κ1) is 24.3. The number of carbonyl (C=O) groups is 2. The highest BCUT2D eigenvalue weighted by molar-refractivity contribution is 5.98. The summed E-state index contributed by atoms with van der Waals surface area (Å²) < 4.78 is 5.67. The summed E-state index contributed by atoms with van der Waals surface area (Å²) in [5, 5.41) is 12.3. The lowest BCUT2D eigenvalue weighted by molar-refractivity contribution is 0.0746. The minimum atomic E-state index is -0.346. The van der Waals surface area contributed by atoms with Gasteiger partial charge in [-0.2, -0.15) is 0 Å². The molecule has 1 fully saturated rings. The van der Waals surface area contributed by atoms with Gasteiger partial charge in [0.2, 0.25) is 0 Å². The molecule has 1 aliphatic heterocycles. The SMILES string of the molecule is CC1(C)CCC(C)(C)c2cc(C(=O)COc3ccc(C(=O)NN4CCCCC4)c(O)c3)ccc21. The Morgan fingerprint density at radius 1 is 0.941 bits per heavy atom. The predicted octanol–water partition coefficient (Wildman–Crippen LogP) is 5.13. The van der Waals surface area contributed by atoms with Gasteiger partial charge in [-0.1, -0.05) is 46.2 Å². The Morgan fingerprint density at radius 2 is 1.62 bits per heavy atom. The minimum absolute atomic E-state index is 0.0262. The summed E-state index contributed by atoms with van der Waals surface area (Å²) in [5.41, 5.74) is 6.33. The maximum Gasteiger partial charge on any atom is 0.269 e. The molecule has 1 amide bonds. The lowest BCUT2D eigenvalue weighted by atomic mass is 9.63. The molecule has 1 heterocycles. The van der Waals surface area contributed by atoms with Crippen molar-refractivity contribution in [3.63, 3.8) is 0 Å². The first-order valence-corrected chi connectivity index (χ1v) is 12.3. The number of phenols is 1. The summed E-state index contributed by atoms with van der Waals surface area (Å²) in [5.74, 6) is -0.285. The van der Waals surface area contributed by atoms with Crippen LogP contribution in [0.3, 0.4) is 0 Å². The highest BCUT2D eigenvalue weighted by Crippen LogP contribution is 2.45. The van der Waals surface area contributed by atoms with Crippen LogP contribution < -0.4 is 10.2 Å². The molecule has 0 spiro atoms. The number of fused-ring (bicyclic) bond motifs is 1. The van der Waals surface area contributed by atoms with Crippen molar-refractivity contribution in [1.82, 2.24) is 10.4 Å². The predicted molar refractivity (Wildman–Crippen MR) is 133 cm³/mol. The standard InChI is InChI=1S/C28H36N2O4/c1-27(2)12-13-28(3,4)23-16-19(8-11-22(23)27)25(32)18-34-20-9-10-21(24(31)17-20)26(33)29-30-14-6-5-7-15-30/h8-11,16-17,31H,5-7,12-15,18H2,1-4H3,(H,29,33). The van der Waals surface area contributed by atoms with Gasteiger partial charge < -0.3 is 9.84 Å². The molecule has 1 saturated heterocycles. The fourth-order valence-corrected chi connectivity index (χ4v) is 5.00. The van der Waals surface area contributed by atoms with E-state index in [2.05, 4.69) is 39.2 Å². The summed E-state index contributed by atoms with van der Waals surface area (Å²) in [7, 11) is 0. The number of hydrogen-bond acceptors (Lipinski definition) is 5. The summed E-state index contributed by atoms with van der Waals surface area (Å²) in [6.45, 7) is 10.5. The third-order valence-electron chi connectivity index (χ3n) is 7.37. The number of hydrogen-bond donors (Lipinski definition) is 2. The zero-order valence-corrected chi connectivity index (χ0v) is 20.7. The molecule has 4 rings (SSSR count). The van der Waals surface area contributed by atoms with Crippen molar-refractivity contribution in [3.8, 4) is 11.5 Å². The van der Waals surface area contributed by atoms with Gasteiger partial charge in [-0.3, -0.25) is 15.0 Å². The number of amides is 1. The molecule has 6 heteroatoms. The Kier molecular flexibility index (Phi) is 6.72. The maximum absolute atomic E-state index is 12.9. The fourth-order valence-electron chi connectivity index (χ4n) is 5.00. The normalized spacial score (nSPS) is 19.2. The topological polar surface area (TPSA) is 78.9 Å². The Hall–Kier alpha value is -2.86. The first-order chi connectivity index (χ1) is 16.1. The van der Waals surface area contributed by atoms with Gasteiger partial charge in [0.15, 0.2) is 12.4 Å². The molecule has 0 unspecified atom stereocenters. The monoisotopic (exact) mass is 464 g/mol. The van der Waals surface area contributed by atoms with E-state index in [9.17, 15) is 14.7 Å². The average molecular weight is 465 g/mol. The molecule has 182 valence electrons. The Balaban J connectivity index is 1.41. The van der Waals surface area contributed by atoms with Crippen molar-refractivity contribution in [2.45, 2.75) is 70.6 Å². The number of carbonyl (C=O) groups excluding carboxylic acids is 2. The molecular formula is C28H36N2O4. The molecule has 2 aromatic rings. The number of aromatic hydroxyl groups is 1. The molecule has 0 bridgehead atoms. The molecule has 34 heavy (non-hydrogen) atoms. The Morgan fingerprint density at radius 3 is 2.29 bits per heavy atom. The van der Waals surface area contributed by atoms with Crippen molar-refractivity contribution < 1.29 is 19.4 Å². The molecule has 0 saturated carbocycles. The number of ether oxygens (including phenoxy) is 1. The van der Waals surface area contributed by atoms with Gasteiger partial charge in [0, 0.05) is 24.7 Å². The molecule has 0 radical (unpaired) electrons. The third-order valence-corrected chi connectivity index (χ3v) is 7.37. The van der Waals surface area contributed by atoms with Crippen LogP contribution >= 0.6 is 0 Å². The van der Waals surface area contributed by atoms with Gasteiger partial charge in [0.25, 0.3) is 5.91 Å². The number of piperidine rings is 1. The van der Waals surface area contributed by atoms with E-state index in [4.69, 9.17) is 4.74 Å². The summed E-state index contributed by atoms with van der Waals surface area (Å²) in [6.07, 6.45) is 5.47. The van der Waals surface area contributed by atoms with Crippen LogP contribution in [0.5, 0.6) is 11.5 Å². The van der Waals surface area contributed by atoms with E-state index in [0.717, 1.165) is 38.8 Å². The van der Waals surface area contributed by atoms with E-state index in [0.29, 0.717) is 11.3 Å². The van der Waals surface area contributed by atoms with Crippen LogP contribution in [0.25, 0.3) is 0 Å². The average Bonchev–Trinajstić information content (AvgIpc) is 2.81. The van der Waals surface area contributed by atoms with Crippen molar-refractivity contribution >= 4 is 11.7 Å². The van der Waals surface area contributed by atoms with E-state index in [1.807, 2.05) is 17.1 Å². The molecular weight excluding hydrogens is 428 g/mol. The molecule has 2 N–H and O–H groups in total. The van der Waals surface area contributed by atoms with Gasteiger partial charge in [0.05, 0.1) is 5.56 Å². The molecule has 1 aliphatic carbocycles. The maximum atomic E-state index is 12.9. The third kappa shape index (κ3) is 5.12.